The molecule has 0 unspecified atom stereocenters. The van der Waals surface area contributed by atoms with Crippen LogP contribution in [0.5, 0.6) is 0 Å². The number of H-pyrrole nitrogens is 1. The molecule has 2 N–H and O–H groups in total. The van der Waals surface area contributed by atoms with Gasteiger partial charge in [-0.1, -0.05) is 30.3 Å². The zero-order chi connectivity index (χ0) is 16.9. The van der Waals surface area contributed by atoms with Crippen LogP contribution in [0.1, 0.15) is 27.0 Å². The van der Waals surface area contributed by atoms with Gasteiger partial charge in [-0.05, 0) is 42.2 Å². The van der Waals surface area contributed by atoms with E-state index in [2.05, 4.69) is 35.4 Å². The number of benzene rings is 2. The third kappa shape index (κ3) is 3.49. The summed E-state index contributed by atoms with van der Waals surface area (Å²) in [5.41, 5.74) is 5.17. The van der Waals surface area contributed by atoms with Crippen LogP contribution in [-0.4, -0.2) is 24.5 Å². The molecule has 0 aliphatic rings. The van der Waals surface area contributed by atoms with Crippen LogP contribution in [0, 0.1) is 6.92 Å². The second kappa shape index (κ2) is 7.32. The number of fused-ring (bicyclic) bond motifs is 1. The summed E-state index contributed by atoms with van der Waals surface area (Å²) in [5, 5.41) is 4.22. The Bertz CT molecular complexity index is 852. The highest BCUT2D eigenvalue weighted by Crippen LogP contribution is 2.19. The summed E-state index contributed by atoms with van der Waals surface area (Å²) in [5.74, 6) is -0.0571. The van der Waals surface area contributed by atoms with Crippen molar-refractivity contribution in [3.63, 3.8) is 0 Å². The average molecular weight is 322 g/mol. The minimum atomic E-state index is -0.0571. The molecule has 24 heavy (non-hydrogen) atoms. The van der Waals surface area contributed by atoms with Gasteiger partial charge in [0.15, 0.2) is 0 Å². The molecule has 0 aliphatic heterocycles. The fraction of sp³-hybridized carbons (Fsp3) is 0.250. The molecule has 0 radical (unpaired) electrons. The Balaban J connectivity index is 1.64. The molecule has 0 fully saturated rings. The van der Waals surface area contributed by atoms with Crippen LogP contribution >= 0.6 is 0 Å². The Morgan fingerprint density at radius 3 is 2.83 bits per heavy atom. The first-order valence-corrected chi connectivity index (χ1v) is 8.10. The number of aryl methyl sites for hydroxylation is 1. The molecule has 3 rings (SSSR count). The summed E-state index contributed by atoms with van der Waals surface area (Å²) < 4.78 is 5.16. The topological polar surface area (TPSA) is 54.1 Å². The highest BCUT2D eigenvalue weighted by atomic mass is 16.5. The first kappa shape index (κ1) is 16.3. The Morgan fingerprint density at radius 2 is 2.00 bits per heavy atom. The SMILES string of the molecule is COCc1ccccc1C(=O)NCCc1c[nH]c2cc(C)ccc12. The Labute approximate surface area is 141 Å². The second-order valence-corrected chi connectivity index (χ2v) is 5.96. The molecule has 4 heteroatoms. The van der Waals surface area contributed by atoms with Crippen molar-refractivity contribution in [3.05, 3.63) is 70.9 Å². The molecular weight excluding hydrogens is 300 g/mol. The van der Waals surface area contributed by atoms with Gasteiger partial charge in [-0.2, -0.15) is 0 Å². The van der Waals surface area contributed by atoms with Gasteiger partial charge in [0.2, 0.25) is 0 Å². The summed E-state index contributed by atoms with van der Waals surface area (Å²) in [6.45, 7) is 3.12. The lowest BCUT2D eigenvalue weighted by molar-refractivity contribution is 0.0949. The molecule has 3 aromatic rings. The van der Waals surface area contributed by atoms with Crippen LogP contribution in [0.4, 0.5) is 0 Å². The first-order chi connectivity index (χ1) is 11.7. The normalized spacial score (nSPS) is 10.9. The fourth-order valence-electron chi connectivity index (χ4n) is 2.94. The predicted molar refractivity (Wildman–Crippen MR) is 96.2 cm³/mol. The summed E-state index contributed by atoms with van der Waals surface area (Å²) in [6.07, 6.45) is 2.82. The van der Waals surface area contributed by atoms with E-state index in [9.17, 15) is 4.79 Å². The van der Waals surface area contributed by atoms with Gasteiger partial charge >= 0.3 is 0 Å². The smallest absolute Gasteiger partial charge is 0.251 e. The van der Waals surface area contributed by atoms with Gasteiger partial charge in [0.25, 0.3) is 5.91 Å². The van der Waals surface area contributed by atoms with Crippen molar-refractivity contribution in [3.8, 4) is 0 Å². The molecule has 1 heterocycles. The predicted octanol–water partition coefficient (Wildman–Crippen LogP) is 3.60. The Morgan fingerprint density at radius 1 is 1.17 bits per heavy atom. The summed E-state index contributed by atoms with van der Waals surface area (Å²) in [4.78, 5) is 15.7. The lowest BCUT2D eigenvalue weighted by Gasteiger charge is -2.09. The lowest BCUT2D eigenvalue weighted by Crippen LogP contribution is -2.26. The molecule has 0 saturated heterocycles. The number of carbonyl (C=O) groups is 1. The number of carbonyl (C=O) groups excluding carboxylic acids is 1. The van der Waals surface area contributed by atoms with E-state index in [1.807, 2.05) is 30.5 Å². The first-order valence-electron chi connectivity index (χ1n) is 8.10. The van der Waals surface area contributed by atoms with Crippen LogP contribution in [0.15, 0.2) is 48.7 Å². The molecule has 1 amide bonds. The van der Waals surface area contributed by atoms with Crippen LogP contribution in [0.25, 0.3) is 10.9 Å². The van der Waals surface area contributed by atoms with E-state index in [-0.39, 0.29) is 5.91 Å². The maximum Gasteiger partial charge on any atom is 0.251 e. The van der Waals surface area contributed by atoms with Crippen LogP contribution < -0.4 is 5.32 Å². The van der Waals surface area contributed by atoms with Crippen molar-refractivity contribution < 1.29 is 9.53 Å². The molecule has 124 valence electrons. The molecule has 0 atom stereocenters. The van der Waals surface area contributed by atoms with Crippen LogP contribution in [-0.2, 0) is 17.8 Å². The molecule has 0 bridgehead atoms. The number of aromatic amines is 1. The molecule has 0 aliphatic carbocycles. The van der Waals surface area contributed by atoms with Crippen molar-refractivity contribution in [2.45, 2.75) is 20.0 Å². The number of nitrogens with one attached hydrogen (secondary N) is 2. The van der Waals surface area contributed by atoms with Gasteiger partial charge in [-0.3, -0.25) is 4.79 Å². The van der Waals surface area contributed by atoms with Crippen LogP contribution in [0.3, 0.4) is 0 Å². The van der Waals surface area contributed by atoms with Gasteiger partial charge in [0.1, 0.15) is 0 Å². The molecular formula is C20H22N2O2. The quantitative estimate of drug-likeness (QED) is 0.728. The van der Waals surface area contributed by atoms with Crippen molar-refractivity contribution in [1.29, 1.82) is 0 Å². The average Bonchev–Trinajstić information content (AvgIpc) is 2.97. The molecule has 0 spiro atoms. The minimum absolute atomic E-state index is 0.0571. The number of methoxy groups -OCH3 is 1. The van der Waals surface area contributed by atoms with Crippen LogP contribution in [0.2, 0.25) is 0 Å². The van der Waals surface area contributed by atoms with E-state index in [1.54, 1.807) is 7.11 Å². The van der Waals surface area contributed by atoms with Gasteiger partial charge < -0.3 is 15.0 Å². The third-order valence-electron chi connectivity index (χ3n) is 4.16. The Kier molecular flexibility index (Phi) is 4.96. The molecule has 4 nitrogen and oxygen atoms in total. The van der Waals surface area contributed by atoms with Gasteiger partial charge in [0, 0.05) is 36.3 Å². The third-order valence-corrected chi connectivity index (χ3v) is 4.16. The van der Waals surface area contributed by atoms with E-state index < -0.39 is 0 Å². The van der Waals surface area contributed by atoms with E-state index >= 15 is 0 Å². The van der Waals surface area contributed by atoms with E-state index in [0.717, 1.165) is 17.5 Å². The molecule has 1 aromatic heterocycles. The fourth-order valence-corrected chi connectivity index (χ4v) is 2.94. The van der Waals surface area contributed by atoms with Gasteiger partial charge in [0.05, 0.1) is 6.61 Å². The van der Waals surface area contributed by atoms with E-state index in [0.29, 0.717) is 18.7 Å². The monoisotopic (exact) mass is 322 g/mol. The standard InChI is InChI=1S/C20H22N2O2/c1-14-7-8-17-15(12-22-19(17)11-14)9-10-21-20(23)18-6-4-3-5-16(18)13-24-2/h3-8,11-12,22H,9-10,13H2,1-2H3,(H,21,23). The number of hydrogen-bond acceptors (Lipinski definition) is 2. The highest BCUT2D eigenvalue weighted by Gasteiger charge is 2.10. The largest absolute Gasteiger partial charge is 0.380 e. The van der Waals surface area contributed by atoms with Gasteiger partial charge in [-0.25, -0.2) is 0 Å². The number of hydrogen-bond donors (Lipinski definition) is 2. The van der Waals surface area contributed by atoms with Gasteiger partial charge in [-0.15, -0.1) is 0 Å². The number of aromatic nitrogens is 1. The van der Waals surface area contributed by atoms with Crippen molar-refractivity contribution in [2.24, 2.45) is 0 Å². The molecule has 0 saturated carbocycles. The maximum atomic E-state index is 12.4. The van der Waals surface area contributed by atoms with E-state index in [4.69, 9.17) is 4.74 Å². The number of rotatable bonds is 6. The maximum absolute atomic E-state index is 12.4. The zero-order valence-corrected chi connectivity index (χ0v) is 14.1. The summed E-state index contributed by atoms with van der Waals surface area (Å²) in [6, 6.07) is 13.9. The lowest BCUT2D eigenvalue weighted by atomic mass is 10.1. The molecule has 2 aromatic carbocycles. The summed E-state index contributed by atoms with van der Waals surface area (Å²) in [7, 11) is 1.63. The zero-order valence-electron chi connectivity index (χ0n) is 14.1. The second-order valence-electron chi connectivity index (χ2n) is 5.96. The minimum Gasteiger partial charge on any atom is -0.380 e. The van der Waals surface area contributed by atoms with Crippen molar-refractivity contribution in [1.82, 2.24) is 10.3 Å². The summed E-state index contributed by atoms with van der Waals surface area (Å²) >= 11 is 0. The van der Waals surface area contributed by atoms with Crippen molar-refractivity contribution >= 4 is 16.8 Å². The number of ether oxygens (including phenoxy) is 1. The van der Waals surface area contributed by atoms with E-state index in [1.165, 1.54) is 16.5 Å². The van der Waals surface area contributed by atoms with Crippen molar-refractivity contribution in [2.75, 3.05) is 13.7 Å². The Hall–Kier alpha value is -2.59. The number of amides is 1. The highest BCUT2D eigenvalue weighted by molar-refractivity contribution is 5.95.